The van der Waals surface area contributed by atoms with Gasteiger partial charge in [0.05, 0.1) is 10.6 Å². The van der Waals surface area contributed by atoms with E-state index in [4.69, 9.17) is 9.84 Å². The van der Waals surface area contributed by atoms with Crippen LogP contribution in [0.15, 0.2) is 24.3 Å². The van der Waals surface area contributed by atoms with Crippen LogP contribution in [0.1, 0.15) is 34.9 Å². The van der Waals surface area contributed by atoms with Gasteiger partial charge in [-0.3, -0.25) is 4.79 Å². The van der Waals surface area contributed by atoms with Gasteiger partial charge in [0, 0.05) is 23.1 Å². The van der Waals surface area contributed by atoms with E-state index in [1.165, 1.54) is 0 Å². The van der Waals surface area contributed by atoms with E-state index in [1.807, 2.05) is 19.1 Å². The Hall–Kier alpha value is -3.01. The topological polar surface area (TPSA) is 59.4 Å². The molecule has 3 rings (SSSR count). The third kappa shape index (κ3) is 4.74. The van der Waals surface area contributed by atoms with E-state index in [0.29, 0.717) is 11.3 Å². The SMILES string of the molecule is CCc1ccc(-c2nsc(CF)c2COc2c(F)c(F)c(CCC(=O)O)c(F)c2F)cc1. The third-order valence-electron chi connectivity index (χ3n) is 4.89. The van der Waals surface area contributed by atoms with Crippen molar-refractivity contribution in [1.82, 2.24) is 4.37 Å². The minimum Gasteiger partial charge on any atom is -0.483 e. The van der Waals surface area contributed by atoms with Crippen molar-refractivity contribution in [1.29, 1.82) is 0 Å². The number of aliphatic carboxylic acids is 1. The van der Waals surface area contributed by atoms with Gasteiger partial charge in [-0.1, -0.05) is 31.2 Å². The van der Waals surface area contributed by atoms with Crippen LogP contribution in [0.4, 0.5) is 22.0 Å². The summed E-state index contributed by atoms with van der Waals surface area (Å²) < 4.78 is 80.0. The molecule has 0 radical (unpaired) electrons. The normalized spacial score (nSPS) is 11.1. The Morgan fingerprint density at radius 1 is 1.03 bits per heavy atom. The van der Waals surface area contributed by atoms with Crippen LogP contribution in [-0.4, -0.2) is 15.4 Å². The summed E-state index contributed by atoms with van der Waals surface area (Å²) in [5, 5.41) is 8.65. The molecule has 0 aliphatic heterocycles. The number of ether oxygens (including phenoxy) is 1. The molecule has 0 atom stereocenters. The molecule has 0 aliphatic carbocycles. The number of carboxylic acids is 1. The van der Waals surface area contributed by atoms with Gasteiger partial charge >= 0.3 is 5.97 Å². The highest BCUT2D eigenvalue weighted by Crippen LogP contribution is 2.34. The van der Waals surface area contributed by atoms with Crippen molar-refractivity contribution in [3.8, 4) is 17.0 Å². The Morgan fingerprint density at radius 2 is 1.66 bits per heavy atom. The van der Waals surface area contributed by atoms with E-state index in [2.05, 4.69) is 4.37 Å². The van der Waals surface area contributed by atoms with Gasteiger partial charge in [-0.25, -0.2) is 13.2 Å². The Balaban J connectivity index is 1.93. The number of alkyl halides is 1. The summed E-state index contributed by atoms with van der Waals surface area (Å²) in [6.45, 7) is 0.486. The van der Waals surface area contributed by atoms with Gasteiger partial charge in [0.15, 0.2) is 17.4 Å². The zero-order valence-electron chi connectivity index (χ0n) is 16.9. The predicted molar refractivity (Wildman–Crippen MR) is 108 cm³/mol. The summed E-state index contributed by atoms with van der Waals surface area (Å²) in [4.78, 5) is 10.8. The lowest BCUT2D eigenvalue weighted by molar-refractivity contribution is -0.136. The Morgan fingerprint density at radius 3 is 2.19 bits per heavy atom. The quantitative estimate of drug-likeness (QED) is 0.307. The van der Waals surface area contributed by atoms with Crippen molar-refractivity contribution in [2.45, 2.75) is 39.5 Å². The Kier molecular flexibility index (Phi) is 7.44. The first-order valence-electron chi connectivity index (χ1n) is 9.60. The number of nitrogens with zero attached hydrogens (tertiary/aromatic N) is 1. The summed E-state index contributed by atoms with van der Waals surface area (Å²) >= 11 is 0.846. The molecule has 0 saturated heterocycles. The fourth-order valence-corrected chi connectivity index (χ4v) is 3.83. The maximum absolute atomic E-state index is 14.4. The van der Waals surface area contributed by atoms with E-state index >= 15 is 0 Å². The zero-order chi connectivity index (χ0) is 23.4. The molecule has 3 aromatic rings. The minimum absolute atomic E-state index is 0.152. The number of carbonyl (C=O) groups is 1. The number of aryl methyl sites for hydroxylation is 1. The van der Waals surface area contributed by atoms with Crippen LogP contribution < -0.4 is 4.74 Å². The Bertz CT molecular complexity index is 1100. The lowest BCUT2D eigenvalue weighted by atomic mass is 10.0. The first-order valence-corrected chi connectivity index (χ1v) is 10.4. The van der Waals surface area contributed by atoms with Crippen LogP contribution in [0.2, 0.25) is 0 Å². The van der Waals surface area contributed by atoms with E-state index < -0.39 is 66.7 Å². The molecule has 0 saturated carbocycles. The fourth-order valence-electron chi connectivity index (χ4n) is 3.10. The molecule has 4 nitrogen and oxygen atoms in total. The molecule has 10 heteroatoms. The second-order valence-corrected chi connectivity index (χ2v) is 7.72. The first kappa shape index (κ1) is 23.6. The van der Waals surface area contributed by atoms with Gasteiger partial charge in [0.1, 0.15) is 13.3 Å². The van der Waals surface area contributed by atoms with Gasteiger partial charge in [0.2, 0.25) is 11.6 Å². The number of halogens is 5. The summed E-state index contributed by atoms with van der Waals surface area (Å²) in [5.41, 5.74) is 1.21. The molecule has 170 valence electrons. The Labute approximate surface area is 184 Å². The highest BCUT2D eigenvalue weighted by Gasteiger charge is 2.27. The number of aromatic nitrogens is 1. The van der Waals surface area contributed by atoms with E-state index in [1.54, 1.807) is 12.1 Å². The molecule has 0 bridgehead atoms. The molecule has 0 amide bonds. The molecule has 0 fully saturated rings. The zero-order valence-corrected chi connectivity index (χ0v) is 17.7. The van der Waals surface area contributed by atoms with Crippen LogP contribution >= 0.6 is 11.5 Å². The lowest BCUT2D eigenvalue weighted by Gasteiger charge is -2.13. The maximum Gasteiger partial charge on any atom is 0.303 e. The molecule has 2 aromatic carbocycles. The lowest BCUT2D eigenvalue weighted by Crippen LogP contribution is -2.10. The summed E-state index contributed by atoms with van der Waals surface area (Å²) in [6, 6.07) is 7.23. The second kappa shape index (κ2) is 10.1. The second-order valence-electron chi connectivity index (χ2n) is 6.86. The average molecular weight is 471 g/mol. The van der Waals surface area contributed by atoms with Crippen molar-refractivity contribution < 1.29 is 36.6 Å². The summed E-state index contributed by atoms with van der Waals surface area (Å²) in [6.07, 6.45) is -0.645. The van der Waals surface area contributed by atoms with Crippen molar-refractivity contribution in [2.75, 3.05) is 0 Å². The number of rotatable bonds is 9. The van der Waals surface area contributed by atoms with E-state index in [-0.39, 0.29) is 10.4 Å². The number of hydrogen-bond acceptors (Lipinski definition) is 4. The van der Waals surface area contributed by atoms with Crippen LogP contribution in [-0.2, 0) is 30.9 Å². The average Bonchev–Trinajstić information content (AvgIpc) is 3.20. The summed E-state index contributed by atoms with van der Waals surface area (Å²) in [7, 11) is 0. The van der Waals surface area contributed by atoms with Crippen molar-refractivity contribution in [3.05, 3.63) is 69.1 Å². The van der Waals surface area contributed by atoms with Gasteiger partial charge in [0.25, 0.3) is 0 Å². The fraction of sp³-hybridized carbons (Fsp3) is 0.273. The molecule has 1 heterocycles. The highest BCUT2D eigenvalue weighted by atomic mass is 32.1. The molecule has 1 N–H and O–H groups in total. The monoisotopic (exact) mass is 471 g/mol. The van der Waals surface area contributed by atoms with Gasteiger partial charge < -0.3 is 9.84 Å². The molecule has 0 aliphatic rings. The predicted octanol–water partition coefficient (Wildman–Crippen LogP) is 5.99. The standard InChI is InChI=1S/C22H18F5NO3S/c1-2-11-3-5-12(6-4-11)21-14(15(9-23)32-28-21)10-31-22-19(26)17(24)13(7-8-16(29)30)18(25)20(22)27/h3-6H,2,7-10H2,1H3,(H,29,30). The van der Waals surface area contributed by atoms with Gasteiger partial charge in [-0.2, -0.15) is 13.2 Å². The number of hydrogen-bond donors (Lipinski definition) is 1. The molecular formula is C22H18F5NO3S. The molecule has 32 heavy (non-hydrogen) atoms. The van der Waals surface area contributed by atoms with Crippen molar-refractivity contribution >= 4 is 17.5 Å². The first-order chi connectivity index (χ1) is 15.3. The number of carboxylic acid groups (broad SMARTS) is 1. The van der Waals surface area contributed by atoms with E-state index in [9.17, 15) is 26.7 Å². The van der Waals surface area contributed by atoms with Crippen molar-refractivity contribution in [2.24, 2.45) is 0 Å². The largest absolute Gasteiger partial charge is 0.483 e. The molecular weight excluding hydrogens is 453 g/mol. The minimum atomic E-state index is -1.79. The smallest absolute Gasteiger partial charge is 0.303 e. The highest BCUT2D eigenvalue weighted by molar-refractivity contribution is 7.06. The van der Waals surface area contributed by atoms with Crippen LogP contribution in [0, 0.1) is 23.3 Å². The molecule has 0 spiro atoms. The van der Waals surface area contributed by atoms with Gasteiger partial charge in [-0.15, -0.1) is 0 Å². The van der Waals surface area contributed by atoms with Crippen molar-refractivity contribution in [3.63, 3.8) is 0 Å². The van der Waals surface area contributed by atoms with Crippen LogP contribution in [0.5, 0.6) is 5.75 Å². The van der Waals surface area contributed by atoms with Crippen LogP contribution in [0.3, 0.4) is 0 Å². The summed E-state index contributed by atoms with van der Waals surface area (Å²) in [5.74, 6) is -9.73. The number of benzene rings is 2. The maximum atomic E-state index is 14.4. The third-order valence-corrected chi connectivity index (χ3v) is 5.74. The molecule has 1 aromatic heterocycles. The van der Waals surface area contributed by atoms with Crippen LogP contribution in [0.25, 0.3) is 11.3 Å². The van der Waals surface area contributed by atoms with Gasteiger partial charge in [-0.05, 0) is 29.9 Å². The van der Waals surface area contributed by atoms with E-state index in [0.717, 1.165) is 23.5 Å². The molecule has 0 unspecified atom stereocenters.